The van der Waals surface area contributed by atoms with Gasteiger partial charge in [-0.1, -0.05) is 11.8 Å². The number of aliphatic hydroxyl groups excluding tert-OH is 1. The average Bonchev–Trinajstić information content (AvgIpc) is 2.97. The van der Waals surface area contributed by atoms with Crippen molar-refractivity contribution in [2.45, 2.75) is 32.3 Å². The van der Waals surface area contributed by atoms with Crippen molar-refractivity contribution in [1.29, 1.82) is 0 Å². The molecule has 0 aliphatic carbocycles. The van der Waals surface area contributed by atoms with Gasteiger partial charge < -0.3 is 14.7 Å². The molecule has 0 atom stereocenters. The minimum atomic E-state index is 0.0684. The smallest absolute Gasteiger partial charge is 0.254 e. The van der Waals surface area contributed by atoms with Crippen LogP contribution in [0.3, 0.4) is 0 Å². The summed E-state index contributed by atoms with van der Waals surface area (Å²) in [6, 6.07) is 1.84. The molecule has 1 aromatic heterocycles. The summed E-state index contributed by atoms with van der Waals surface area (Å²) in [5.41, 5.74) is 0.711. The monoisotopic (exact) mass is 307 g/mol. The van der Waals surface area contributed by atoms with Crippen LogP contribution in [0.1, 0.15) is 41.4 Å². The number of ether oxygens (including phenoxy) is 1. The Hall–Kier alpha value is -1.35. The van der Waals surface area contributed by atoms with Crippen LogP contribution in [-0.2, 0) is 4.74 Å². The number of rotatable bonds is 4. The van der Waals surface area contributed by atoms with Crippen LogP contribution in [-0.4, -0.2) is 48.3 Å². The van der Waals surface area contributed by atoms with E-state index in [1.54, 1.807) is 0 Å². The highest BCUT2D eigenvalue weighted by atomic mass is 32.1. The van der Waals surface area contributed by atoms with Crippen molar-refractivity contribution in [2.75, 3.05) is 26.3 Å². The third-order valence-electron chi connectivity index (χ3n) is 3.43. The van der Waals surface area contributed by atoms with E-state index in [2.05, 4.69) is 11.8 Å². The van der Waals surface area contributed by atoms with Crippen molar-refractivity contribution in [1.82, 2.24) is 4.90 Å². The third kappa shape index (κ3) is 4.57. The van der Waals surface area contributed by atoms with Crippen LogP contribution in [0.4, 0.5) is 0 Å². The number of aliphatic hydroxyl groups is 1. The van der Waals surface area contributed by atoms with E-state index >= 15 is 0 Å². The fourth-order valence-corrected chi connectivity index (χ4v) is 3.11. The molecule has 0 bridgehead atoms. The maximum atomic E-state index is 12.4. The second-order valence-corrected chi connectivity index (χ2v) is 5.83. The van der Waals surface area contributed by atoms with E-state index in [1.807, 2.05) is 23.3 Å². The second kappa shape index (κ2) is 8.18. The zero-order valence-corrected chi connectivity index (χ0v) is 13.1. The highest BCUT2D eigenvalue weighted by Gasteiger charge is 2.24. The van der Waals surface area contributed by atoms with E-state index in [-0.39, 0.29) is 12.5 Å². The Labute approximate surface area is 129 Å². The van der Waals surface area contributed by atoms with Gasteiger partial charge in [-0.05, 0) is 25.8 Å². The Kier molecular flexibility index (Phi) is 6.24. The Bertz CT molecular complexity index is 521. The van der Waals surface area contributed by atoms with Crippen LogP contribution in [0.15, 0.2) is 11.4 Å². The van der Waals surface area contributed by atoms with Crippen LogP contribution in [0.2, 0.25) is 0 Å². The first-order valence-electron chi connectivity index (χ1n) is 7.33. The van der Waals surface area contributed by atoms with Gasteiger partial charge in [-0.3, -0.25) is 4.79 Å². The summed E-state index contributed by atoms with van der Waals surface area (Å²) < 4.78 is 5.60. The molecule has 114 valence electrons. The van der Waals surface area contributed by atoms with Gasteiger partial charge in [-0.2, -0.15) is 0 Å². The predicted octanol–water partition coefficient (Wildman–Crippen LogP) is 2.12. The van der Waals surface area contributed by atoms with E-state index < -0.39 is 0 Å². The van der Waals surface area contributed by atoms with E-state index in [1.165, 1.54) is 11.3 Å². The van der Waals surface area contributed by atoms with Crippen molar-refractivity contribution in [2.24, 2.45) is 0 Å². The molecule has 4 nitrogen and oxygen atoms in total. The summed E-state index contributed by atoms with van der Waals surface area (Å²) in [6.45, 7) is 4.32. The van der Waals surface area contributed by atoms with Crippen LogP contribution in [0, 0.1) is 11.8 Å². The number of amides is 1. The Morgan fingerprint density at radius 3 is 2.95 bits per heavy atom. The molecule has 1 aliphatic heterocycles. The lowest BCUT2D eigenvalue weighted by atomic mass is 10.1. The topological polar surface area (TPSA) is 49.8 Å². The average molecular weight is 307 g/mol. The van der Waals surface area contributed by atoms with Gasteiger partial charge in [0.05, 0.1) is 23.2 Å². The molecule has 1 fully saturated rings. The molecule has 2 heterocycles. The van der Waals surface area contributed by atoms with Gasteiger partial charge >= 0.3 is 0 Å². The van der Waals surface area contributed by atoms with Gasteiger partial charge in [0.25, 0.3) is 5.91 Å². The van der Waals surface area contributed by atoms with Crippen LogP contribution in [0.5, 0.6) is 0 Å². The molecular formula is C16H21NO3S. The lowest BCUT2D eigenvalue weighted by Gasteiger charge is -2.31. The van der Waals surface area contributed by atoms with Crippen molar-refractivity contribution < 1.29 is 14.6 Å². The fourth-order valence-electron chi connectivity index (χ4n) is 2.36. The van der Waals surface area contributed by atoms with Crippen LogP contribution < -0.4 is 0 Å². The summed E-state index contributed by atoms with van der Waals surface area (Å²) in [5.74, 6) is 5.92. The van der Waals surface area contributed by atoms with Crippen molar-refractivity contribution in [3.63, 3.8) is 0 Å². The molecule has 1 N–H and O–H groups in total. The first-order chi connectivity index (χ1) is 10.2. The zero-order chi connectivity index (χ0) is 15.1. The number of piperidine rings is 1. The number of hydrogen-bond donors (Lipinski definition) is 1. The number of thiophene rings is 1. The highest BCUT2D eigenvalue weighted by molar-refractivity contribution is 7.10. The Balaban J connectivity index is 1.91. The maximum Gasteiger partial charge on any atom is 0.254 e. The van der Waals surface area contributed by atoms with E-state index in [4.69, 9.17) is 9.84 Å². The number of likely N-dealkylation sites (tertiary alicyclic amines) is 1. The standard InChI is InChI=1S/C16H21NO3S/c1-2-20-14-6-8-17(9-7-14)16(19)13-11-15(21-12-13)5-3-4-10-18/h11-12,14,18H,2,4,6-10H2,1H3. The molecule has 0 unspecified atom stereocenters. The summed E-state index contributed by atoms with van der Waals surface area (Å²) in [4.78, 5) is 15.2. The molecule has 2 rings (SSSR count). The molecule has 5 heteroatoms. The normalized spacial score (nSPS) is 15.6. The summed E-state index contributed by atoms with van der Waals surface area (Å²) in [7, 11) is 0. The van der Waals surface area contributed by atoms with Crippen molar-refractivity contribution in [3.05, 3.63) is 21.9 Å². The fraction of sp³-hybridized carbons (Fsp3) is 0.562. The summed E-state index contributed by atoms with van der Waals surface area (Å²) >= 11 is 1.47. The van der Waals surface area contributed by atoms with E-state index in [0.717, 1.165) is 37.4 Å². The highest BCUT2D eigenvalue weighted by Crippen LogP contribution is 2.19. The van der Waals surface area contributed by atoms with Crippen molar-refractivity contribution in [3.8, 4) is 11.8 Å². The van der Waals surface area contributed by atoms with Gasteiger partial charge in [-0.25, -0.2) is 0 Å². The molecule has 0 aromatic carbocycles. The molecule has 0 spiro atoms. The van der Waals surface area contributed by atoms with Gasteiger partial charge in [-0.15, -0.1) is 11.3 Å². The molecular weight excluding hydrogens is 286 g/mol. The minimum absolute atomic E-state index is 0.0684. The molecule has 1 aliphatic rings. The predicted molar refractivity (Wildman–Crippen MR) is 83.5 cm³/mol. The number of nitrogens with zero attached hydrogens (tertiary/aromatic N) is 1. The number of carbonyl (C=O) groups excluding carboxylic acids is 1. The molecule has 0 radical (unpaired) electrons. The Morgan fingerprint density at radius 2 is 2.29 bits per heavy atom. The van der Waals surface area contributed by atoms with Crippen LogP contribution >= 0.6 is 11.3 Å². The first-order valence-corrected chi connectivity index (χ1v) is 8.21. The first kappa shape index (κ1) is 16.0. The quantitative estimate of drug-likeness (QED) is 0.867. The SMILES string of the molecule is CCOC1CCN(C(=O)c2csc(C#CCCO)c2)CC1. The van der Waals surface area contributed by atoms with Crippen molar-refractivity contribution >= 4 is 17.2 Å². The molecule has 1 aromatic rings. The minimum Gasteiger partial charge on any atom is -0.395 e. The molecule has 1 amide bonds. The lowest BCUT2D eigenvalue weighted by molar-refractivity contribution is 0.0146. The van der Waals surface area contributed by atoms with Gasteiger partial charge in [0, 0.05) is 31.5 Å². The second-order valence-electron chi connectivity index (χ2n) is 4.92. The number of carbonyl (C=O) groups is 1. The van der Waals surface area contributed by atoms with Gasteiger partial charge in [0.15, 0.2) is 0 Å². The zero-order valence-electron chi connectivity index (χ0n) is 12.3. The molecule has 21 heavy (non-hydrogen) atoms. The van der Waals surface area contributed by atoms with E-state index in [9.17, 15) is 4.79 Å². The van der Waals surface area contributed by atoms with Gasteiger partial charge in [0.2, 0.25) is 0 Å². The number of hydrogen-bond acceptors (Lipinski definition) is 4. The molecule has 0 saturated carbocycles. The maximum absolute atomic E-state index is 12.4. The Morgan fingerprint density at radius 1 is 1.52 bits per heavy atom. The largest absolute Gasteiger partial charge is 0.395 e. The van der Waals surface area contributed by atoms with E-state index in [0.29, 0.717) is 18.1 Å². The molecule has 1 saturated heterocycles. The lowest BCUT2D eigenvalue weighted by Crippen LogP contribution is -2.40. The van der Waals surface area contributed by atoms with Gasteiger partial charge in [0.1, 0.15) is 0 Å². The third-order valence-corrected chi connectivity index (χ3v) is 4.27. The van der Waals surface area contributed by atoms with Crippen LogP contribution in [0.25, 0.3) is 0 Å². The summed E-state index contributed by atoms with van der Waals surface area (Å²) in [6.07, 6.45) is 2.58. The summed E-state index contributed by atoms with van der Waals surface area (Å²) in [5, 5.41) is 10.6.